The van der Waals surface area contributed by atoms with Crippen LogP contribution in [0.5, 0.6) is 0 Å². The highest BCUT2D eigenvalue weighted by molar-refractivity contribution is 7.80. The molecular weight excluding hydrogens is 274 g/mol. The highest BCUT2D eigenvalue weighted by Gasteiger charge is 2.29. The summed E-state index contributed by atoms with van der Waals surface area (Å²) in [6.07, 6.45) is 3.18. The number of hydrogen-bond acceptors (Lipinski definition) is 6. The van der Waals surface area contributed by atoms with E-state index in [1.807, 2.05) is 7.05 Å². The Morgan fingerprint density at radius 2 is 1.84 bits per heavy atom. The molecular formula is C11H23NO6S. The van der Waals surface area contributed by atoms with Crippen molar-refractivity contribution in [2.75, 3.05) is 20.8 Å². The molecule has 0 unspecified atom stereocenters. The Morgan fingerprint density at radius 1 is 1.42 bits per heavy atom. The summed E-state index contributed by atoms with van der Waals surface area (Å²) in [5.74, 6) is -0.340. The Bertz CT molecular complexity index is 353. The molecule has 0 bridgehead atoms. The average molecular weight is 297 g/mol. The normalized spacial score (nSPS) is 11.2. The van der Waals surface area contributed by atoms with Crippen molar-refractivity contribution < 1.29 is 32.0 Å². The third kappa shape index (κ3) is 10.6. The largest absolute Gasteiger partial charge is 0.726 e. The number of likely N-dealkylation sites (N-methyl/N-ethyl adjacent to an activating group) is 1. The third-order valence-electron chi connectivity index (χ3n) is 2.89. The Balaban J connectivity index is 0. The minimum absolute atomic E-state index is 0.0403. The minimum atomic E-state index is -4.41. The molecule has 0 amide bonds. The molecule has 0 aromatic heterocycles. The Morgan fingerprint density at radius 3 is 2.05 bits per heavy atom. The lowest BCUT2D eigenvalue weighted by Crippen LogP contribution is -2.94. The second-order valence-corrected chi connectivity index (χ2v) is 4.89. The van der Waals surface area contributed by atoms with Crippen LogP contribution in [-0.2, 0) is 24.1 Å². The van der Waals surface area contributed by atoms with E-state index in [0.717, 1.165) is 20.0 Å². The van der Waals surface area contributed by atoms with Crippen LogP contribution in [-0.4, -0.2) is 45.2 Å². The lowest BCUT2D eigenvalue weighted by atomic mass is 9.94. The molecule has 19 heavy (non-hydrogen) atoms. The molecule has 0 aromatic rings. The van der Waals surface area contributed by atoms with Gasteiger partial charge in [-0.3, -0.25) is 4.18 Å². The summed E-state index contributed by atoms with van der Waals surface area (Å²) in [5, 5.41) is 2.11. The van der Waals surface area contributed by atoms with Crippen LogP contribution in [0.1, 0.15) is 26.7 Å². The van der Waals surface area contributed by atoms with Crippen molar-refractivity contribution in [1.82, 2.24) is 0 Å². The fourth-order valence-corrected chi connectivity index (χ4v) is 1.22. The first-order valence-corrected chi connectivity index (χ1v) is 7.14. The zero-order chi connectivity index (χ0) is 15.5. The van der Waals surface area contributed by atoms with Crippen LogP contribution in [0.2, 0.25) is 0 Å². The number of nitrogens with two attached hydrogens (primary N) is 1. The highest BCUT2D eigenvalue weighted by Crippen LogP contribution is 2.09. The fraction of sp³-hybridized carbons (Fsp3) is 0.727. The lowest BCUT2D eigenvalue weighted by Gasteiger charge is -2.26. The summed E-state index contributed by atoms with van der Waals surface area (Å²) in [6.45, 7) is 8.02. The van der Waals surface area contributed by atoms with Gasteiger partial charge in [-0.15, -0.1) is 0 Å². The molecule has 0 saturated carbocycles. The third-order valence-corrected chi connectivity index (χ3v) is 3.30. The van der Waals surface area contributed by atoms with Gasteiger partial charge in [0.05, 0.1) is 14.2 Å². The number of ether oxygens (including phenoxy) is 1. The monoisotopic (exact) mass is 297 g/mol. The summed E-state index contributed by atoms with van der Waals surface area (Å²) in [5.41, 5.74) is 0.0403. The molecule has 0 aliphatic rings. The summed E-state index contributed by atoms with van der Waals surface area (Å²) < 4.78 is 36.1. The van der Waals surface area contributed by atoms with Crippen molar-refractivity contribution in [1.29, 1.82) is 0 Å². The van der Waals surface area contributed by atoms with Crippen LogP contribution in [0.15, 0.2) is 12.7 Å². The maximum atomic E-state index is 10.9. The number of quaternary nitrogens is 1. The molecule has 0 atom stereocenters. The Hall–Kier alpha value is -0.960. The van der Waals surface area contributed by atoms with Gasteiger partial charge in [0.2, 0.25) is 10.4 Å². The molecule has 0 heterocycles. The number of rotatable bonds is 7. The number of esters is 1. The van der Waals surface area contributed by atoms with Crippen molar-refractivity contribution in [2.24, 2.45) is 0 Å². The molecule has 0 aliphatic heterocycles. The van der Waals surface area contributed by atoms with Crippen LogP contribution in [0.25, 0.3) is 0 Å². The van der Waals surface area contributed by atoms with E-state index in [4.69, 9.17) is 4.74 Å². The first kappa shape index (κ1) is 20.4. The van der Waals surface area contributed by atoms with E-state index in [0.29, 0.717) is 6.61 Å². The van der Waals surface area contributed by atoms with Gasteiger partial charge in [-0.05, 0) is 0 Å². The van der Waals surface area contributed by atoms with Crippen molar-refractivity contribution in [3.8, 4) is 0 Å². The second-order valence-electron chi connectivity index (χ2n) is 3.74. The predicted molar refractivity (Wildman–Crippen MR) is 69.0 cm³/mol. The first-order valence-electron chi connectivity index (χ1n) is 5.81. The van der Waals surface area contributed by atoms with E-state index in [2.05, 4.69) is 29.9 Å². The highest BCUT2D eigenvalue weighted by atomic mass is 32.3. The molecule has 8 heteroatoms. The van der Waals surface area contributed by atoms with Crippen molar-refractivity contribution >= 4 is 16.4 Å². The molecule has 0 saturated heterocycles. The summed E-state index contributed by atoms with van der Waals surface area (Å²) in [6, 6.07) is 0. The Labute approximate surface area is 114 Å². The molecule has 0 spiro atoms. The fourth-order valence-electron chi connectivity index (χ4n) is 1.22. The van der Waals surface area contributed by atoms with Gasteiger partial charge in [-0.2, -0.15) is 0 Å². The van der Waals surface area contributed by atoms with E-state index in [1.165, 1.54) is 6.08 Å². The predicted octanol–water partition coefficient (Wildman–Crippen LogP) is -0.439. The average Bonchev–Trinajstić information content (AvgIpc) is 2.40. The van der Waals surface area contributed by atoms with E-state index in [-0.39, 0.29) is 11.5 Å². The van der Waals surface area contributed by atoms with Crippen LogP contribution in [0, 0.1) is 0 Å². The van der Waals surface area contributed by atoms with Crippen LogP contribution >= 0.6 is 0 Å². The molecule has 2 N–H and O–H groups in total. The topological polar surface area (TPSA) is 109 Å². The van der Waals surface area contributed by atoms with Gasteiger partial charge in [-0.25, -0.2) is 13.2 Å². The van der Waals surface area contributed by atoms with Gasteiger partial charge in [0.15, 0.2) is 0 Å². The maximum Gasteiger partial charge on any atom is 0.330 e. The summed E-state index contributed by atoms with van der Waals surface area (Å²) >= 11 is 0. The van der Waals surface area contributed by atoms with Gasteiger partial charge < -0.3 is 14.6 Å². The zero-order valence-electron chi connectivity index (χ0n) is 11.8. The van der Waals surface area contributed by atoms with Crippen LogP contribution < -0.4 is 5.32 Å². The standard InChI is InChI=1S/C10H19NO2.CH4O4S/c1-5-9(12)13-8-10(6-2,7-3)11-4;1-5-6(2,3)4/h5,11H,1,6-8H2,2-4H3;1H3,(H,2,3,4). The van der Waals surface area contributed by atoms with Gasteiger partial charge in [-0.1, -0.05) is 20.4 Å². The maximum absolute atomic E-state index is 10.9. The smallest absolute Gasteiger partial charge is 0.330 e. The number of carbonyl (C=O) groups excluding carboxylic acids is 1. The van der Waals surface area contributed by atoms with Gasteiger partial charge in [0.25, 0.3) is 0 Å². The second kappa shape index (κ2) is 9.90. The number of hydrogen-bond donors (Lipinski definition) is 1. The Kier molecular flexibility index (Phi) is 10.6. The van der Waals surface area contributed by atoms with E-state index >= 15 is 0 Å². The van der Waals surface area contributed by atoms with Crippen molar-refractivity contribution in [3.63, 3.8) is 0 Å². The van der Waals surface area contributed by atoms with E-state index < -0.39 is 10.4 Å². The van der Waals surface area contributed by atoms with Crippen molar-refractivity contribution in [2.45, 2.75) is 32.2 Å². The van der Waals surface area contributed by atoms with Crippen LogP contribution in [0.4, 0.5) is 0 Å². The quantitative estimate of drug-likeness (QED) is 0.295. The zero-order valence-corrected chi connectivity index (χ0v) is 12.7. The SMILES string of the molecule is C=CC(=O)OCC(CC)(CC)[NH2+]C.COS(=O)(=O)[O-]. The molecule has 7 nitrogen and oxygen atoms in total. The van der Waals surface area contributed by atoms with Gasteiger partial charge in [0.1, 0.15) is 12.1 Å². The van der Waals surface area contributed by atoms with Gasteiger partial charge >= 0.3 is 5.97 Å². The first-order chi connectivity index (χ1) is 8.70. The van der Waals surface area contributed by atoms with Gasteiger partial charge in [0, 0.05) is 18.9 Å². The molecule has 0 aliphatic carbocycles. The van der Waals surface area contributed by atoms with E-state index in [9.17, 15) is 17.8 Å². The summed E-state index contributed by atoms with van der Waals surface area (Å²) in [7, 11) is -1.60. The molecule has 0 rings (SSSR count). The minimum Gasteiger partial charge on any atom is -0.726 e. The number of carbonyl (C=O) groups is 1. The lowest BCUT2D eigenvalue weighted by molar-refractivity contribution is -0.706. The molecule has 0 fully saturated rings. The molecule has 0 aromatic carbocycles. The van der Waals surface area contributed by atoms with Crippen LogP contribution in [0.3, 0.4) is 0 Å². The molecule has 0 radical (unpaired) electrons. The molecule has 114 valence electrons. The summed E-state index contributed by atoms with van der Waals surface area (Å²) in [4.78, 5) is 10.9. The van der Waals surface area contributed by atoms with E-state index in [1.54, 1.807) is 0 Å². The van der Waals surface area contributed by atoms with Crippen molar-refractivity contribution in [3.05, 3.63) is 12.7 Å².